The maximum atomic E-state index is 12.2. The van der Waals surface area contributed by atoms with E-state index in [0.29, 0.717) is 12.4 Å². The molecular weight excluding hydrogens is 292 g/mol. The number of hydrogen-bond acceptors (Lipinski definition) is 5. The Morgan fingerprint density at radius 2 is 2.05 bits per heavy atom. The summed E-state index contributed by atoms with van der Waals surface area (Å²) in [6.45, 7) is 2.82. The molecule has 1 N–H and O–H groups in total. The van der Waals surface area contributed by atoms with E-state index in [1.54, 1.807) is 23.0 Å². The maximum Gasteiger partial charge on any atom is 0.252 e. The van der Waals surface area contributed by atoms with Crippen LogP contribution in [0.5, 0.6) is 0 Å². The first-order chi connectivity index (χ1) is 9.93. The lowest BCUT2D eigenvalue weighted by molar-refractivity contribution is 0.0946. The number of carbonyl (C=O) groups is 1. The highest BCUT2D eigenvalue weighted by atomic mass is 32.2. The fourth-order valence-corrected chi connectivity index (χ4v) is 2.80. The average Bonchev–Trinajstić information content (AvgIpc) is 2.91. The molecule has 0 unspecified atom stereocenters. The van der Waals surface area contributed by atoms with Crippen molar-refractivity contribution in [3.8, 4) is 0 Å². The highest BCUT2D eigenvalue weighted by molar-refractivity contribution is 7.90. The Labute approximate surface area is 122 Å². The van der Waals surface area contributed by atoms with Crippen LogP contribution in [0.3, 0.4) is 0 Å². The van der Waals surface area contributed by atoms with E-state index in [0.717, 1.165) is 6.26 Å². The van der Waals surface area contributed by atoms with Gasteiger partial charge in [0.1, 0.15) is 6.33 Å². The Morgan fingerprint density at radius 3 is 2.71 bits per heavy atom. The first-order valence-electron chi connectivity index (χ1n) is 6.37. The molecule has 0 bridgehead atoms. The average molecular weight is 308 g/mol. The van der Waals surface area contributed by atoms with Gasteiger partial charge in [0, 0.05) is 12.8 Å². The van der Waals surface area contributed by atoms with Crippen LogP contribution in [0.25, 0.3) is 0 Å². The van der Waals surface area contributed by atoms with E-state index in [1.165, 1.54) is 12.1 Å². The second kappa shape index (κ2) is 6.04. The normalized spacial score (nSPS) is 11.3. The fraction of sp³-hybridized carbons (Fsp3) is 0.308. The Kier molecular flexibility index (Phi) is 4.37. The summed E-state index contributed by atoms with van der Waals surface area (Å²) in [6, 6.07) is 6.11. The molecule has 0 atom stereocenters. The second-order valence-electron chi connectivity index (χ2n) is 4.48. The van der Waals surface area contributed by atoms with Gasteiger partial charge in [0.15, 0.2) is 15.7 Å². The monoisotopic (exact) mass is 308 g/mol. The SMILES string of the molecule is CCn1cnnc1CNC(=O)c1ccccc1S(C)(=O)=O. The van der Waals surface area contributed by atoms with Crippen molar-refractivity contribution in [2.45, 2.75) is 24.9 Å². The minimum atomic E-state index is -3.46. The number of sulfone groups is 1. The van der Waals surface area contributed by atoms with Gasteiger partial charge in [-0.15, -0.1) is 10.2 Å². The molecule has 0 fully saturated rings. The maximum absolute atomic E-state index is 12.2. The van der Waals surface area contributed by atoms with Crippen LogP contribution in [-0.2, 0) is 22.9 Å². The first kappa shape index (κ1) is 15.2. The zero-order chi connectivity index (χ0) is 15.5. The van der Waals surface area contributed by atoms with Crippen molar-refractivity contribution in [1.29, 1.82) is 0 Å². The van der Waals surface area contributed by atoms with Crippen LogP contribution < -0.4 is 5.32 Å². The minimum Gasteiger partial charge on any atom is -0.345 e. The molecule has 0 aliphatic rings. The molecule has 1 amide bonds. The molecule has 1 heterocycles. The van der Waals surface area contributed by atoms with E-state index in [2.05, 4.69) is 15.5 Å². The predicted molar refractivity (Wildman–Crippen MR) is 76.4 cm³/mol. The number of amides is 1. The number of aromatic nitrogens is 3. The highest BCUT2D eigenvalue weighted by Crippen LogP contribution is 2.15. The second-order valence-corrected chi connectivity index (χ2v) is 6.47. The standard InChI is InChI=1S/C13H16N4O3S/c1-3-17-9-15-16-12(17)8-14-13(18)10-6-4-5-7-11(10)21(2,19)20/h4-7,9H,3,8H2,1-2H3,(H,14,18). The Morgan fingerprint density at radius 1 is 1.33 bits per heavy atom. The van der Waals surface area contributed by atoms with E-state index >= 15 is 0 Å². The van der Waals surface area contributed by atoms with Crippen molar-refractivity contribution in [2.24, 2.45) is 0 Å². The van der Waals surface area contributed by atoms with Gasteiger partial charge >= 0.3 is 0 Å². The molecule has 0 spiro atoms. The Balaban J connectivity index is 2.19. The van der Waals surface area contributed by atoms with Crippen molar-refractivity contribution < 1.29 is 13.2 Å². The van der Waals surface area contributed by atoms with Crippen LogP contribution in [0.15, 0.2) is 35.5 Å². The van der Waals surface area contributed by atoms with Gasteiger partial charge in [0.2, 0.25) is 0 Å². The van der Waals surface area contributed by atoms with E-state index in [4.69, 9.17) is 0 Å². The summed E-state index contributed by atoms with van der Waals surface area (Å²) in [5.41, 5.74) is 0.127. The van der Waals surface area contributed by atoms with E-state index in [9.17, 15) is 13.2 Å². The lowest BCUT2D eigenvalue weighted by Gasteiger charge is -2.09. The number of hydrogen-bond donors (Lipinski definition) is 1. The zero-order valence-corrected chi connectivity index (χ0v) is 12.6. The topological polar surface area (TPSA) is 93.9 Å². The summed E-state index contributed by atoms with van der Waals surface area (Å²) in [6.07, 6.45) is 2.65. The molecule has 0 aliphatic carbocycles. The van der Waals surface area contributed by atoms with Crippen molar-refractivity contribution in [3.63, 3.8) is 0 Å². The van der Waals surface area contributed by atoms with Crippen LogP contribution >= 0.6 is 0 Å². The van der Waals surface area contributed by atoms with Crippen molar-refractivity contribution in [2.75, 3.05) is 6.26 Å². The molecule has 0 radical (unpaired) electrons. The first-order valence-corrected chi connectivity index (χ1v) is 8.26. The summed E-state index contributed by atoms with van der Waals surface area (Å²) in [5.74, 6) is 0.157. The summed E-state index contributed by atoms with van der Waals surface area (Å²) in [5, 5.41) is 10.3. The van der Waals surface area contributed by atoms with Gasteiger partial charge in [-0.25, -0.2) is 8.42 Å². The molecule has 7 nitrogen and oxygen atoms in total. The third kappa shape index (κ3) is 3.46. The molecule has 1 aromatic heterocycles. The van der Waals surface area contributed by atoms with Gasteiger partial charge in [-0.05, 0) is 19.1 Å². The Hall–Kier alpha value is -2.22. The van der Waals surface area contributed by atoms with Gasteiger partial charge < -0.3 is 9.88 Å². The number of benzene rings is 1. The third-order valence-corrected chi connectivity index (χ3v) is 4.13. The summed E-state index contributed by atoms with van der Waals surface area (Å²) in [7, 11) is -3.46. The highest BCUT2D eigenvalue weighted by Gasteiger charge is 2.18. The molecule has 2 rings (SSSR count). The van der Waals surface area contributed by atoms with Crippen molar-refractivity contribution in [1.82, 2.24) is 20.1 Å². The Bertz CT molecular complexity index is 752. The molecule has 21 heavy (non-hydrogen) atoms. The molecule has 2 aromatic rings. The fourth-order valence-electron chi connectivity index (χ4n) is 1.91. The van der Waals surface area contributed by atoms with Gasteiger partial charge in [-0.1, -0.05) is 12.1 Å². The van der Waals surface area contributed by atoms with Crippen LogP contribution in [0.2, 0.25) is 0 Å². The zero-order valence-electron chi connectivity index (χ0n) is 11.8. The summed E-state index contributed by atoms with van der Waals surface area (Å²) in [4.78, 5) is 12.2. The molecule has 0 saturated carbocycles. The van der Waals surface area contributed by atoms with E-state index in [-0.39, 0.29) is 17.0 Å². The van der Waals surface area contributed by atoms with Gasteiger partial charge in [0.05, 0.1) is 17.0 Å². The molecule has 112 valence electrons. The van der Waals surface area contributed by atoms with Crippen LogP contribution in [-0.4, -0.2) is 35.3 Å². The lowest BCUT2D eigenvalue weighted by atomic mass is 10.2. The lowest BCUT2D eigenvalue weighted by Crippen LogP contribution is -2.26. The number of rotatable bonds is 5. The molecule has 1 aromatic carbocycles. The number of nitrogens with one attached hydrogen (secondary N) is 1. The smallest absolute Gasteiger partial charge is 0.252 e. The van der Waals surface area contributed by atoms with Crippen LogP contribution in [0.4, 0.5) is 0 Å². The van der Waals surface area contributed by atoms with Crippen molar-refractivity contribution >= 4 is 15.7 Å². The van der Waals surface area contributed by atoms with Gasteiger partial charge in [-0.2, -0.15) is 0 Å². The molecule has 0 saturated heterocycles. The van der Waals surface area contributed by atoms with E-state index in [1.807, 2.05) is 6.92 Å². The van der Waals surface area contributed by atoms with E-state index < -0.39 is 15.7 Å². The number of aryl methyl sites for hydroxylation is 1. The molecule has 0 aliphatic heterocycles. The van der Waals surface area contributed by atoms with Crippen LogP contribution in [0.1, 0.15) is 23.1 Å². The quantitative estimate of drug-likeness (QED) is 0.874. The number of nitrogens with zero attached hydrogens (tertiary/aromatic N) is 3. The minimum absolute atomic E-state index is 0.0134. The van der Waals surface area contributed by atoms with Crippen LogP contribution in [0, 0.1) is 0 Å². The summed E-state index contributed by atoms with van der Waals surface area (Å²) >= 11 is 0. The number of carbonyl (C=O) groups excluding carboxylic acids is 1. The van der Waals surface area contributed by atoms with Gasteiger partial charge in [0.25, 0.3) is 5.91 Å². The third-order valence-electron chi connectivity index (χ3n) is 2.97. The summed E-state index contributed by atoms with van der Waals surface area (Å²) < 4.78 is 25.2. The van der Waals surface area contributed by atoms with Crippen molar-refractivity contribution in [3.05, 3.63) is 42.0 Å². The largest absolute Gasteiger partial charge is 0.345 e. The van der Waals surface area contributed by atoms with Gasteiger partial charge in [-0.3, -0.25) is 4.79 Å². The predicted octanol–water partition coefficient (Wildman–Crippen LogP) is 0.631. The molecular formula is C13H16N4O3S. The molecule has 8 heteroatoms.